The van der Waals surface area contributed by atoms with Gasteiger partial charge >= 0.3 is 0 Å². The molecule has 0 radical (unpaired) electrons. The minimum atomic E-state index is -0.579. The maximum Gasteiger partial charge on any atom is 0.262 e. The number of halogens is 2. The molecular formula is C34H38Br2N2O4. The van der Waals surface area contributed by atoms with Crippen LogP contribution in [0.5, 0.6) is 5.75 Å². The Morgan fingerprint density at radius 3 is 2.02 bits per heavy atom. The lowest BCUT2D eigenvalue weighted by Crippen LogP contribution is -2.43. The molecule has 0 aromatic heterocycles. The van der Waals surface area contributed by atoms with Gasteiger partial charge in [0.05, 0.1) is 4.47 Å². The Kier molecular flexibility index (Phi) is 8.12. The average Bonchev–Trinajstić information content (AvgIpc) is 2.85. The Morgan fingerprint density at radius 1 is 0.905 bits per heavy atom. The van der Waals surface area contributed by atoms with Crippen molar-refractivity contribution in [3.63, 3.8) is 0 Å². The first-order valence-electron chi connectivity index (χ1n) is 14.3. The number of amides is 1. The van der Waals surface area contributed by atoms with Crippen molar-refractivity contribution in [2.75, 3.05) is 19.0 Å². The minimum absolute atomic E-state index is 0.0526. The number of hydrogen-bond donors (Lipinski definition) is 1. The summed E-state index contributed by atoms with van der Waals surface area (Å²) in [6.45, 7) is 12.3. The summed E-state index contributed by atoms with van der Waals surface area (Å²) in [5.41, 5.74) is 6.53. The van der Waals surface area contributed by atoms with Gasteiger partial charge in [-0.2, -0.15) is 0 Å². The zero-order chi connectivity index (χ0) is 30.7. The van der Waals surface area contributed by atoms with E-state index in [1.54, 1.807) is 0 Å². The van der Waals surface area contributed by atoms with Gasteiger partial charge < -0.3 is 15.0 Å². The molecule has 3 aliphatic rings. The summed E-state index contributed by atoms with van der Waals surface area (Å²) in [6.07, 6.45) is 2.27. The number of hydrogen-bond acceptors (Lipinski definition) is 5. The number of Topliss-reactive ketones (excluding diaryl/α,β-unsaturated/α-hetero) is 2. The van der Waals surface area contributed by atoms with E-state index < -0.39 is 5.92 Å². The highest BCUT2D eigenvalue weighted by molar-refractivity contribution is 9.11. The molecule has 0 bridgehead atoms. The van der Waals surface area contributed by atoms with Crippen molar-refractivity contribution in [2.24, 2.45) is 10.8 Å². The molecule has 5 rings (SSSR count). The second kappa shape index (κ2) is 11.1. The van der Waals surface area contributed by atoms with Crippen LogP contribution in [0.4, 0.5) is 5.69 Å². The number of nitrogens with zero attached hydrogens (tertiary/aromatic N) is 1. The van der Waals surface area contributed by atoms with E-state index in [-0.39, 0.29) is 34.9 Å². The van der Waals surface area contributed by atoms with Gasteiger partial charge in [0.2, 0.25) is 0 Å². The van der Waals surface area contributed by atoms with Crippen LogP contribution in [0.2, 0.25) is 0 Å². The number of anilines is 1. The number of ether oxygens (including phenoxy) is 1. The molecule has 0 unspecified atom stereocenters. The summed E-state index contributed by atoms with van der Waals surface area (Å²) < 4.78 is 7.67. The number of rotatable bonds is 5. The maximum atomic E-state index is 13.9. The summed E-state index contributed by atoms with van der Waals surface area (Å²) >= 11 is 7.28. The van der Waals surface area contributed by atoms with Gasteiger partial charge in [-0.05, 0) is 88.8 Å². The van der Waals surface area contributed by atoms with Crippen molar-refractivity contribution in [1.82, 2.24) is 4.90 Å². The first-order chi connectivity index (χ1) is 19.6. The smallest absolute Gasteiger partial charge is 0.262 e. The number of nitrogens with one attached hydrogen (secondary N) is 1. The van der Waals surface area contributed by atoms with Crippen LogP contribution >= 0.6 is 31.9 Å². The van der Waals surface area contributed by atoms with Crippen LogP contribution in [-0.4, -0.2) is 36.0 Å². The van der Waals surface area contributed by atoms with Gasteiger partial charge in [0.15, 0.2) is 18.2 Å². The van der Waals surface area contributed by atoms with E-state index in [4.69, 9.17) is 4.74 Å². The molecule has 1 N–H and O–H groups in total. The lowest BCUT2D eigenvalue weighted by molar-refractivity contribution is -0.120. The number of carbonyl (C=O) groups excluding carboxylic acids is 3. The van der Waals surface area contributed by atoms with E-state index >= 15 is 0 Å². The molecule has 0 atom stereocenters. The molecule has 2 aromatic carbocycles. The fourth-order valence-corrected chi connectivity index (χ4v) is 7.95. The Morgan fingerprint density at radius 2 is 1.48 bits per heavy atom. The number of ketones is 2. The van der Waals surface area contributed by atoms with Crippen molar-refractivity contribution in [2.45, 2.75) is 73.1 Å². The lowest BCUT2D eigenvalue weighted by atomic mass is 9.63. The SMILES string of the molecule is Cc1ccc(NC(=O)COc2c(Br)cc(Br)cc2C2C3=C(CC(C)(C)CC3=O)N(C)C3=C2C(=O)CC(C)(C)C3)cc1C. The summed E-state index contributed by atoms with van der Waals surface area (Å²) in [7, 11) is 2.00. The largest absolute Gasteiger partial charge is 0.482 e. The molecule has 0 fully saturated rings. The van der Waals surface area contributed by atoms with Crippen molar-refractivity contribution in [1.29, 1.82) is 0 Å². The maximum absolute atomic E-state index is 13.9. The lowest BCUT2D eigenvalue weighted by Gasteiger charge is -2.48. The van der Waals surface area contributed by atoms with Crippen LogP contribution in [0, 0.1) is 24.7 Å². The third-order valence-corrected chi connectivity index (χ3v) is 9.71. The normalized spacial score (nSPS) is 20.0. The fourth-order valence-electron chi connectivity index (χ4n) is 6.58. The number of aryl methyl sites for hydroxylation is 2. The molecule has 42 heavy (non-hydrogen) atoms. The predicted molar refractivity (Wildman–Crippen MR) is 172 cm³/mol. The molecule has 1 aliphatic heterocycles. The molecular weight excluding hydrogens is 660 g/mol. The summed E-state index contributed by atoms with van der Waals surface area (Å²) in [5.74, 6) is -0.316. The quantitative estimate of drug-likeness (QED) is 0.341. The summed E-state index contributed by atoms with van der Waals surface area (Å²) in [6, 6.07) is 9.55. The Hall–Kier alpha value is -2.71. The molecule has 0 saturated heterocycles. The molecule has 0 spiro atoms. The second-order valence-electron chi connectivity index (χ2n) is 13.5. The van der Waals surface area contributed by atoms with E-state index in [0.29, 0.717) is 45.5 Å². The number of allylic oxidation sites excluding steroid dienone is 4. The summed E-state index contributed by atoms with van der Waals surface area (Å²) in [5, 5.41) is 2.92. The highest BCUT2D eigenvalue weighted by Gasteiger charge is 2.49. The molecule has 8 heteroatoms. The first kappa shape index (κ1) is 30.7. The topological polar surface area (TPSA) is 75.7 Å². The Balaban J connectivity index is 1.59. The molecule has 222 valence electrons. The van der Waals surface area contributed by atoms with Gasteiger partial charge in [0.25, 0.3) is 5.91 Å². The van der Waals surface area contributed by atoms with Crippen LogP contribution in [-0.2, 0) is 14.4 Å². The van der Waals surface area contributed by atoms with Crippen LogP contribution in [0.3, 0.4) is 0 Å². The van der Waals surface area contributed by atoms with Crippen LogP contribution in [0.25, 0.3) is 0 Å². The van der Waals surface area contributed by atoms with Gasteiger partial charge in [-0.25, -0.2) is 0 Å². The zero-order valence-corrected chi connectivity index (χ0v) is 28.5. The monoisotopic (exact) mass is 696 g/mol. The molecule has 1 heterocycles. The van der Waals surface area contributed by atoms with E-state index in [9.17, 15) is 14.4 Å². The molecule has 2 aliphatic carbocycles. The molecule has 2 aromatic rings. The van der Waals surface area contributed by atoms with E-state index in [0.717, 1.165) is 39.8 Å². The van der Waals surface area contributed by atoms with Gasteiger partial charge in [-0.3, -0.25) is 14.4 Å². The summed E-state index contributed by atoms with van der Waals surface area (Å²) in [4.78, 5) is 43.0. The fraction of sp³-hybridized carbons (Fsp3) is 0.441. The van der Waals surface area contributed by atoms with Crippen molar-refractivity contribution in [3.8, 4) is 5.75 Å². The Labute approximate surface area is 265 Å². The minimum Gasteiger partial charge on any atom is -0.482 e. The van der Waals surface area contributed by atoms with E-state index in [1.165, 1.54) is 0 Å². The van der Waals surface area contributed by atoms with Gasteiger partial charge in [-0.1, -0.05) is 49.7 Å². The van der Waals surface area contributed by atoms with Gasteiger partial charge in [0.1, 0.15) is 5.75 Å². The Bertz CT molecular complexity index is 1530. The van der Waals surface area contributed by atoms with Gasteiger partial charge in [0, 0.05) is 64.1 Å². The van der Waals surface area contributed by atoms with Crippen LogP contribution < -0.4 is 10.1 Å². The zero-order valence-electron chi connectivity index (χ0n) is 25.3. The van der Waals surface area contributed by atoms with Crippen molar-refractivity contribution < 1.29 is 19.1 Å². The molecule has 1 amide bonds. The average molecular weight is 698 g/mol. The molecule has 0 saturated carbocycles. The predicted octanol–water partition coefficient (Wildman–Crippen LogP) is 8.16. The van der Waals surface area contributed by atoms with Crippen molar-refractivity contribution >= 4 is 55.0 Å². The van der Waals surface area contributed by atoms with E-state index in [2.05, 4.69) is 69.8 Å². The molecule has 6 nitrogen and oxygen atoms in total. The first-order valence-corrected chi connectivity index (χ1v) is 15.9. The third kappa shape index (κ3) is 5.89. The second-order valence-corrected chi connectivity index (χ2v) is 15.3. The third-order valence-electron chi connectivity index (χ3n) is 8.67. The van der Waals surface area contributed by atoms with E-state index in [1.807, 2.05) is 51.2 Å². The van der Waals surface area contributed by atoms with Crippen LogP contribution in [0.1, 0.15) is 76.0 Å². The van der Waals surface area contributed by atoms with Crippen molar-refractivity contribution in [3.05, 3.63) is 78.5 Å². The van der Waals surface area contributed by atoms with Gasteiger partial charge in [-0.15, -0.1) is 0 Å². The highest BCUT2D eigenvalue weighted by Crippen LogP contribution is 2.56. The standard InChI is InChI=1S/C34H38Br2N2O4/c1-18-8-9-21(10-19(18)2)37-28(41)17-42-32-22(11-20(35)12-23(32)36)29-30-24(13-33(3,4)15-26(30)39)38(7)25-14-34(5,6)16-27(40)31(25)29/h8-12,29H,13-17H2,1-7H3,(H,37,41). The van der Waals surface area contributed by atoms with Crippen LogP contribution in [0.15, 0.2) is 61.8 Å². The highest BCUT2D eigenvalue weighted by atomic mass is 79.9. The number of benzene rings is 2. The number of carbonyl (C=O) groups is 3.